The van der Waals surface area contributed by atoms with Crippen LogP contribution in [0.4, 0.5) is 0 Å². The lowest BCUT2D eigenvalue weighted by molar-refractivity contribution is -0.133. The van der Waals surface area contributed by atoms with Crippen molar-refractivity contribution in [2.24, 2.45) is 0 Å². The number of amides is 2. The molecule has 3 aromatic rings. The summed E-state index contributed by atoms with van der Waals surface area (Å²) in [6, 6.07) is 11.9. The lowest BCUT2D eigenvalue weighted by atomic mass is 9.93. The Morgan fingerprint density at radius 3 is 2.71 bits per heavy atom. The van der Waals surface area contributed by atoms with Crippen molar-refractivity contribution >= 4 is 45.0 Å². The fourth-order valence-corrected chi connectivity index (χ4v) is 5.87. The van der Waals surface area contributed by atoms with Gasteiger partial charge in [-0.25, -0.2) is 0 Å². The fraction of sp³-hybridized carbons (Fsp3) is 0.417. The third-order valence-corrected chi connectivity index (χ3v) is 7.87. The van der Waals surface area contributed by atoms with Gasteiger partial charge in [-0.05, 0) is 61.4 Å². The Balaban J connectivity index is 1.48. The first-order valence-electron chi connectivity index (χ1n) is 10.9. The minimum absolute atomic E-state index is 0.0495. The lowest BCUT2D eigenvalue weighted by Gasteiger charge is -2.44. The zero-order valence-corrected chi connectivity index (χ0v) is 19.1. The van der Waals surface area contributed by atoms with E-state index in [1.165, 1.54) is 0 Å². The second kappa shape index (κ2) is 7.99. The molecule has 1 aromatic carbocycles. The number of benzene rings is 1. The number of carbonyl (C=O) groups is 2. The van der Waals surface area contributed by atoms with Crippen LogP contribution in [0.1, 0.15) is 48.7 Å². The predicted molar refractivity (Wildman–Crippen MR) is 125 cm³/mol. The van der Waals surface area contributed by atoms with E-state index in [9.17, 15) is 9.59 Å². The van der Waals surface area contributed by atoms with E-state index in [4.69, 9.17) is 11.6 Å². The van der Waals surface area contributed by atoms with Crippen LogP contribution in [0.3, 0.4) is 0 Å². The third kappa shape index (κ3) is 3.66. The average Bonchev–Trinajstić information content (AvgIpc) is 3.48. The van der Waals surface area contributed by atoms with Crippen molar-refractivity contribution in [3.8, 4) is 0 Å². The SMILES string of the molecule is CC1(C(=O)NC2CCCC2)Cn2c(cc3sccc32)C(=O)N1CCc1ccc(Cl)cc1. The minimum Gasteiger partial charge on any atom is -0.351 e. The number of aromatic nitrogens is 1. The maximum Gasteiger partial charge on any atom is 0.271 e. The standard InChI is InChI=1S/C24H26ClN3O2S/c1-24(23(30)26-18-4-2-3-5-18)15-27-19-11-13-31-21(19)14-20(27)22(29)28(24)12-10-16-6-8-17(25)9-7-16/h6-9,11,13-14,18H,2-5,10,12,15H2,1H3,(H,26,30). The quantitative estimate of drug-likeness (QED) is 0.596. The zero-order chi connectivity index (χ0) is 21.6. The largest absolute Gasteiger partial charge is 0.351 e. The summed E-state index contributed by atoms with van der Waals surface area (Å²) >= 11 is 7.64. The van der Waals surface area contributed by atoms with E-state index < -0.39 is 5.54 Å². The average molecular weight is 456 g/mol. The van der Waals surface area contributed by atoms with E-state index in [1.807, 2.05) is 53.3 Å². The molecule has 1 saturated carbocycles. The summed E-state index contributed by atoms with van der Waals surface area (Å²) in [7, 11) is 0. The molecule has 0 saturated heterocycles. The van der Waals surface area contributed by atoms with Gasteiger partial charge in [0.25, 0.3) is 5.91 Å². The molecule has 3 heterocycles. The van der Waals surface area contributed by atoms with Crippen molar-refractivity contribution in [1.82, 2.24) is 14.8 Å². The first-order chi connectivity index (χ1) is 15.0. The maximum atomic E-state index is 13.6. The van der Waals surface area contributed by atoms with Crippen LogP contribution in [0.15, 0.2) is 41.8 Å². The van der Waals surface area contributed by atoms with Gasteiger partial charge in [-0.15, -0.1) is 11.3 Å². The summed E-state index contributed by atoms with van der Waals surface area (Å²) in [5.41, 5.74) is 1.86. The molecular weight excluding hydrogens is 430 g/mol. The van der Waals surface area contributed by atoms with Gasteiger partial charge in [0.2, 0.25) is 5.91 Å². The molecule has 0 spiro atoms. The van der Waals surface area contributed by atoms with Gasteiger partial charge in [-0.3, -0.25) is 9.59 Å². The monoisotopic (exact) mass is 455 g/mol. The van der Waals surface area contributed by atoms with E-state index in [1.54, 1.807) is 16.2 Å². The summed E-state index contributed by atoms with van der Waals surface area (Å²) < 4.78 is 3.11. The van der Waals surface area contributed by atoms with Crippen molar-refractivity contribution in [2.45, 2.75) is 57.2 Å². The van der Waals surface area contributed by atoms with Crippen molar-refractivity contribution in [2.75, 3.05) is 6.54 Å². The summed E-state index contributed by atoms with van der Waals surface area (Å²) in [6.45, 7) is 2.86. The molecule has 7 heteroatoms. The molecule has 1 unspecified atom stereocenters. The summed E-state index contributed by atoms with van der Waals surface area (Å²) in [5.74, 6) is -0.126. The van der Waals surface area contributed by atoms with E-state index in [0.29, 0.717) is 30.2 Å². The number of carbonyl (C=O) groups excluding carboxylic acids is 2. The van der Waals surface area contributed by atoms with Crippen LogP contribution in [-0.2, 0) is 17.8 Å². The molecule has 31 heavy (non-hydrogen) atoms. The van der Waals surface area contributed by atoms with Gasteiger partial charge in [0.15, 0.2) is 0 Å². The molecule has 1 atom stereocenters. The van der Waals surface area contributed by atoms with Gasteiger partial charge in [0.1, 0.15) is 11.2 Å². The number of hydrogen-bond donors (Lipinski definition) is 1. The molecule has 162 valence electrons. The summed E-state index contributed by atoms with van der Waals surface area (Å²) in [4.78, 5) is 29.0. The molecule has 5 nitrogen and oxygen atoms in total. The topological polar surface area (TPSA) is 54.3 Å². The van der Waals surface area contributed by atoms with Crippen molar-refractivity contribution in [3.05, 3.63) is 58.1 Å². The van der Waals surface area contributed by atoms with Crippen LogP contribution in [0.2, 0.25) is 5.02 Å². The van der Waals surface area contributed by atoms with Gasteiger partial charge < -0.3 is 14.8 Å². The highest BCUT2D eigenvalue weighted by molar-refractivity contribution is 7.17. The molecular formula is C24H26ClN3O2S. The second-order valence-corrected chi connectivity index (χ2v) is 10.2. The predicted octanol–water partition coefficient (Wildman–Crippen LogP) is 4.87. The smallest absolute Gasteiger partial charge is 0.271 e. The number of fused-ring (bicyclic) bond motifs is 3. The van der Waals surface area contributed by atoms with E-state index in [-0.39, 0.29) is 17.9 Å². The Hall–Kier alpha value is -2.31. The van der Waals surface area contributed by atoms with Gasteiger partial charge in [-0.2, -0.15) is 0 Å². The van der Waals surface area contributed by atoms with Crippen molar-refractivity contribution in [1.29, 1.82) is 0 Å². The Kier molecular flexibility index (Phi) is 5.30. The fourth-order valence-electron chi connectivity index (χ4n) is 4.93. The molecule has 0 radical (unpaired) electrons. The number of hydrogen-bond acceptors (Lipinski definition) is 3. The Morgan fingerprint density at radius 1 is 1.23 bits per heavy atom. The first-order valence-corrected chi connectivity index (χ1v) is 12.2. The van der Waals surface area contributed by atoms with E-state index in [2.05, 4.69) is 5.32 Å². The third-order valence-electron chi connectivity index (χ3n) is 6.77. The number of thiophene rings is 1. The first kappa shape index (κ1) is 20.6. The van der Waals surface area contributed by atoms with Crippen molar-refractivity contribution < 1.29 is 9.59 Å². The lowest BCUT2D eigenvalue weighted by Crippen LogP contribution is -2.65. The molecule has 1 aliphatic carbocycles. The molecule has 1 fully saturated rings. The van der Waals surface area contributed by atoms with Gasteiger partial charge in [0.05, 0.1) is 16.8 Å². The van der Waals surface area contributed by atoms with Crippen LogP contribution >= 0.6 is 22.9 Å². The highest BCUT2D eigenvalue weighted by Crippen LogP contribution is 2.35. The second-order valence-electron chi connectivity index (χ2n) is 8.85. The molecule has 0 bridgehead atoms. The Labute approximate surface area is 191 Å². The number of halogens is 1. The molecule has 2 aromatic heterocycles. The number of nitrogens with one attached hydrogen (secondary N) is 1. The highest BCUT2D eigenvalue weighted by Gasteiger charge is 2.48. The van der Waals surface area contributed by atoms with Crippen LogP contribution in [0, 0.1) is 0 Å². The number of rotatable bonds is 5. The van der Waals surface area contributed by atoms with Crippen LogP contribution in [0.5, 0.6) is 0 Å². The highest BCUT2D eigenvalue weighted by atomic mass is 35.5. The summed E-state index contributed by atoms with van der Waals surface area (Å²) in [5, 5.41) is 5.97. The Morgan fingerprint density at radius 2 is 1.97 bits per heavy atom. The molecule has 2 amide bonds. The Bertz CT molecular complexity index is 1130. The van der Waals surface area contributed by atoms with Gasteiger partial charge in [0, 0.05) is 17.6 Å². The molecule has 1 aliphatic heterocycles. The number of nitrogens with zero attached hydrogens (tertiary/aromatic N) is 2. The zero-order valence-electron chi connectivity index (χ0n) is 17.6. The molecule has 1 N–H and O–H groups in total. The normalized spacial score (nSPS) is 21.6. The molecule has 5 rings (SSSR count). The minimum atomic E-state index is -0.938. The molecule has 2 aliphatic rings. The van der Waals surface area contributed by atoms with Crippen LogP contribution in [0.25, 0.3) is 10.2 Å². The maximum absolute atomic E-state index is 13.6. The van der Waals surface area contributed by atoms with Crippen LogP contribution in [-0.4, -0.2) is 39.4 Å². The van der Waals surface area contributed by atoms with Crippen molar-refractivity contribution in [3.63, 3.8) is 0 Å². The summed E-state index contributed by atoms with van der Waals surface area (Å²) in [6.07, 6.45) is 5.01. The van der Waals surface area contributed by atoms with Gasteiger partial charge >= 0.3 is 0 Å². The van der Waals surface area contributed by atoms with E-state index in [0.717, 1.165) is 41.5 Å². The van der Waals surface area contributed by atoms with E-state index >= 15 is 0 Å². The van der Waals surface area contributed by atoms with Gasteiger partial charge in [-0.1, -0.05) is 36.6 Å². The van der Waals surface area contributed by atoms with Crippen LogP contribution < -0.4 is 5.32 Å².